The minimum atomic E-state index is -1.11. The predicted molar refractivity (Wildman–Crippen MR) is 75.0 cm³/mol. The van der Waals surface area contributed by atoms with Crippen molar-refractivity contribution in [2.24, 2.45) is 11.5 Å². The fraction of sp³-hybridized carbons (Fsp3) is 0.667. The minimum absolute atomic E-state index is 0. The topological polar surface area (TPSA) is 156 Å². The van der Waals surface area contributed by atoms with Crippen LogP contribution in [0.3, 0.4) is 0 Å². The predicted octanol–water partition coefficient (Wildman–Crippen LogP) is -3.27. The van der Waals surface area contributed by atoms with Crippen LogP contribution in [0.2, 0.25) is 5.32 Å². The van der Waals surface area contributed by atoms with Gasteiger partial charge in [0, 0.05) is 6.42 Å². The number of carboxylic acid groups (broad SMARTS) is 2. The van der Waals surface area contributed by atoms with E-state index in [0.29, 0.717) is 5.32 Å². The van der Waals surface area contributed by atoms with Gasteiger partial charge in [0.05, 0.1) is 0 Å². The van der Waals surface area contributed by atoms with E-state index >= 15 is 0 Å². The number of carboxylic acids is 2. The van der Waals surface area contributed by atoms with E-state index < -0.39 is 29.9 Å². The molecule has 0 saturated heterocycles. The number of aliphatic carboxylic acids is 2. The van der Waals surface area contributed by atoms with Gasteiger partial charge in [-0.05, 0) is 6.42 Å². The molecule has 0 aliphatic carbocycles. The SMILES string of the molecule is CNC(C[SeH])C(=O)O.NC(=O)CCC(N)C(=O)O.[SeH2]. The molecule has 0 aliphatic heterocycles. The summed E-state index contributed by atoms with van der Waals surface area (Å²) in [7, 11) is 1.63. The molecule has 8 nitrogen and oxygen atoms in total. The Morgan fingerprint density at radius 2 is 1.74 bits per heavy atom. The standard InChI is InChI=1S/C5H10N2O3.C4H9NO2Se.H2Se/c6-3(5(9)10)1-2-4(7)8;1-5-3(2-8)4(6)7;/h3H,1-2,6H2,(H2,7,8)(H,9,10);3,5,8H,2H2,1H3,(H,6,7);1H2. The molecule has 0 aromatic carbocycles. The summed E-state index contributed by atoms with van der Waals surface area (Å²) in [5.41, 5.74) is 9.81. The van der Waals surface area contributed by atoms with Crippen molar-refractivity contribution in [2.45, 2.75) is 30.2 Å². The van der Waals surface area contributed by atoms with Crippen molar-refractivity contribution in [3.63, 3.8) is 0 Å². The third-order valence-corrected chi connectivity index (χ3v) is 2.61. The van der Waals surface area contributed by atoms with Crippen LogP contribution in [0.4, 0.5) is 0 Å². The van der Waals surface area contributed by atoms with E-state index in [9.17, 15) is 14.4 Å². The second-order valence-electron chi connectivity index (χ2n) is 3.31. The molecule has 0 rings (SSSR count). The molecule has 2 atom stereocenters. The number of primary amides is 1. The van der Waals surface area contributed by atoms with E-state index in [1.54, 1.807) is 7.05 Å². The van der Waals surface area contributed by atoms with Crippen LogP contribution in [-0.4, -0.2) is 80.3 Å². The van der Waals surface area contributed by atoms with Crippen LogP contribution in [0.25, 0.3) is 0 Å². The molecule has 0 aromatic rings. The van der Waals surface area contributed by atoms with Crippen molar-refractivity contribution >= 4 is 50.9 Å². The molecule has 114 valence electrons. The molecular weight excluding hydrogens is 388 g/mol. The van der Waals surface area contributed by atoms with Crippen LogP contribution in [0.5, 0.6) is 0 Å². The average molecular weight is 409 g/mol. The zero-order valence-corrected chi connectivity index (χ0v) is 14.5. The normalized spacial score (nSPS) is 12.2. The summed E-state index contributed by atoms with van der Waals surface area (Å²) in [6, 6.07) is -1.39. The summed E-state index contributed by atoms with van der Waals surface area (Å²) in [6.45, 7) is 0. The van der Waals surface area contributed by atoms with Gasteiger partial charge in [0.1, 0.15) is 6.04 Å². The number of amides is 1. The van der Waals surface area contributed by atoms with Gasteiger partial charge in [0.15, 0.2) is 0 Å². The van der Waals surface area contributed by atoms with Crippen LogP contribution >= 0.6 is 0 Å². The average Bonchev–Trinajstić information content (AvgIpc) is 2.27. The summed E-state index contributed by atoms with van der Waals surface area (Å²) in [4.78, 5) is 30.2. The van der Waals surface area contributed by atoms with Gasteiger partial charge in [-0.2, -0.15) is 0 Å². The quantitative estimate of drug-likeness (QED) is 0.276. The molecule has 7 N–H and O–H groups in total. The number of nitrogens with two attached hydrogens (primary N) is 2. The molecule has 0 bridgehead atoms. The first-order chi connectivity index (χ1) is 8.26. The first-order valence-corrected chi connectivity index (χ1v) is 6.36. The zero-order valence-electron chi connectivity index (χ0n) is 10.5. The van der Waals surface area contributed by atoms with Crippen molar-refractivity contribution in [3.05, 3.63) is 0 Å². The van der Waals surface area contributed by atoms with Gasteiger partial charge in [-0.15, -0.1) is 0 Å². The van der Waals surface area contributed by atoms with Gasteiger partial charge in [-0.25, -0.2) is 0 Å². The Hall–Kier alpha value is -0.631. The van der Waals surface area contributed by atoms with Crippen LogP contribution in [-0.2, 0) is 14.4 Å². The fourth-order valence-corrected chi connectivity index (χ4v) is 1.42. The number of likely N-dealkylation sites (N-methyl/N-ethyl adjacent to an activating group) is 1. The van der Waals surface area contributed by atoms with Gasteiger partial charge in [0.25, 0.3) is 0 Å². The zero-order chi connectivity index (χ0) is 14.7. The van der Waals surface area contributed by atoms with Crippen molar-refractivity contribution in [1.29, 1.82) is 0 Å². The second-order valence-corrected chi connectivity index (χ2v) is 4.08. The molecule has 0 radical (unpaired) electrons. The molecule has 19 heavy (non-hydrogen) atoms. The van der Waals surface area contributed by atoms with Gasteiger partial charge in [-0.3, -0.25) is 9.59 Å². The molecule has 0 saturated carbocycles. The van der Waals surface area contributed by atoms with Crippen molar-refractivity contribution in [2.75, 3.05) is 7.05 Å². The van der Waals surface area contributed by atoms with Crippen molar-refractivity contribution in [3.8, 4) is 0 Å². The Balaban J connectivity index is -0.000000262. The molecule has 0 heterocycles. The summed E-state index contributed by atoms with van der Waals surface area (Å²) in [6.07, 6.45) is 0.123. The Kier molecular flexibility index (Phi) is 17.0. The van der Waals surface area contributed by atoms with Crippen molar-refractivity contribution < 1.29 is 24.6 Å². The Morgan fingerprint density at radius 3 is 1.89 bits per heavy atom. The third kappa shape index (κ3) is 15.3. The van der Waals surface area contributed by atoms with Gasteiger partial charge in [-0.1, -0.05) is 0 Å². The maximum absolute atomic E-state index is 10.1. The van der Waals surface area contributed by atoms with Crippen LogP contribution < -0.4 is 16.8 Å². The third-order valence-electron chi connectivity index (χ3n) is 1.85. The molecule has 0 aliphatic rings. The molecule has 0 fully saturated rings. The van der Waals surface area contributed by atoms with Gasteiger partial charge in [0.2, 0.25) is 5.91 Å². The van der Waals surface area contributed by atoms with E-state index in [1.807, 2.05) is 0 Å². The van der Waals surface area contributed by atoms with Crippen LogP contribution in [0, 0.1) is 0 Å². The summed E-state index contributed by atoms with van der Waals surface area (Å²) in [5.74, 6) is -2.44. The Labute approximate surface area is 129 Å². The monoisotopic (exact) mass is 411 g/mol. The van der Waals surface area contributed by atoms with Crippen LogP contribution in [0.15, 0.2) is 0 Å². The number of carbonyl (C=O) groups excluding carboxylic acids is 1. The number of carbonyl (C=O) groups is 3. The molecule has 1 amide bonds. The van der Waals surface area contributed by atoms with Crippen molar-refractivity contribution in [1.82, 2.24) is 5.32 Å². The Morgan fingerprint density at radius 1 is 1.26 bits per heavy atom. The number of nitrogens with one attached hydrogen (secondary N) is 1. The first-order valence-electron chi connectivity index (χ1n) is 5.03. The summed E-state index contributed by atoms with van der Waals surface area (Å²) < 4.78 is 0. The molecule has 2 unspecified atom stereocenters. The maximum atomic E-state index is 10.1. The van der Waals surface area contributed by atoms with Gasteiger partial charge >= 0.3 is 78.6 Å². The number of hydrogen-bond donors (Lipinski definition) is 5. The summed E-state index contributed by atoms with van der Waals surface area (Å²) >= 11 is 2.23. The van der Waals surface area contributed by atoms with E-state index in [4.69, 9.17) is 21.7 Å². The molecule has 0 aromatic heterocycles. The number of rotatable bonds is 7. The second kappa shape index (κ2) is 13.8. The molecule has 0 spiro atoms. The van der Waals surface area contributed by atoms with Gasteiger partial charge < -0.3 is 16.6 Å². The van der Waals surface area contributed by atoms with E-state index in [2.05, 4.69) is 21.3 Å². The Bertz CT molecular complexity index is 287. The molecule has 10 heteroatoms. The number of hydrogen-bond acceptors (Lipinski definition) is 5. The van der Waals surface area contributed by atoms with E-state index in [1.165, 1.54) is 0 Å². The molecular formula is C9H21N3O5Se2. The van der Waals surface area contributed by atoms with E-state index in [-0.39, 0.29) is 29.9 Å². The van der Waals surface area contributed by atoms with Crippen LogP contribution in [0.1, 0.15) is 12.8 Å². The first kappa shape index (κ1) is 23.5. The summed E-state index contributed by atoms with van der Waals surface area (Å²) in [5, 5.41) is 19.7. The fourth-order valence-electron chi connectivity index (χ4n) is 0.714. The van der Waals surface area contributed by atoms with E-state index in [0.717, 1.165) is 0 Å².